The molecule has 1 amide bonds. The standard InChI is InChI=1S/C18H15F2N3O2/c19-18(20)25-16-6-2-4-14(10-16)17(24)22-15-5-1-3-13(9-15)11-23-8-7-21-12-23/h1-10,12,18H,11H2,(H,22,24). The summed E-state index contributed by atoms with van der Waals surface area (Å²) in [6, 6.07) is 13.0. The van der Waals surface area contributed by atoms with Crippen molar-refractivity contribution in [2.75, 3.05) is 5.32 Å². The highest BCUT2D eigenvalue weighted by atomic mass is 19.3. The van der Waals surface area contributed by atoms with Crippen molar-refractivity contribution in [2.24, 2.45) is 0 Å². The van der Waals surface area contributed by atoms with Crippen LogP contribution in [0.4, 0.5) is 14.5 Å². The van der Waals surface area contributed by atoms with Crippen LogP contribution in [0.2, 0.25) is 0 Å². The molecule has 7 heteroatoms. The van der Waals surface area contributed by atoms with Gasteiger partial charge in [-0.2, -0.15) is 8.78 Å². The number of anilines is 1. The van der Waals surface area contributed by atoms with Crippen molar-refractivity contribution in [3.05, 3.63) is 78.4 Å². The molecule has 5 nitrogen and oxygen atoms in total. The summed E-state index contributed by atoms with van der Waals surface area (Å²) in [5.41, 5.74) is 1.84. The maximum Gasteiger partial charge on any atom is 0.387 e. The lowest BCUT2D eigenvalue weighted by atomic mass is 10.1. The zero-order chi connectivity index (χ0) is 17.6. The van der Waals surface area contributed by atoms with E-state index in [1.807, 2.05) is 29.0 Å². The van der Waals surface area contributed by atoms with Gasteiger partial charge in [0.1, 0.15) is 5.75 Å². The van der Waals surface area contributed by atoms with Crippen molar-refractivity contribution >= 4 is 11.6 Å². The topological polar surface area (TPSA) is 56.2 Å². The Morgan fingerprint density at radius 1 is 1.20 bits per heavy atom. The Kier molecular flexibility index (Phi) is 5.03. The Morgan fingerprint density at radius 3 is 2.80 bits per heavy atom. The van der Waals surface area contributed by atoms with Crippen molar-refractivity contribution in [3.8, 4) is 5.75 Å². The number of benzene rings is 2. The van der Waals surface area contributed by atoms with E-state index in [0.29, 0.717) is 12.2 Å². The van der Waals surface area contributed by atoms with E-state index >= 15 is 0 Å². The number of nitrogens with zero attached hydrogens (tertiary/aromatic N) is 2. The molecule has 0 atom stereocenters. The van der Waals surface area contributed by atoms with Crippen LogP contribution in [0, 0.1) is 0 Å². The van der Waals surface area contributed by atoms with Crippen LogP contribution in [0.25, 0.3) is 0 Å². The third-order valence-corrected chi connectivity index (χ3v) is 3.43. The van der Waals surface area contributed by atoms with Crippen LogP contribution in [0.5, 0.6) is 5.75 Å². The van der Waals surface area contributed by atoms with E-state index in [4.69, 9.17) is 0 Å². The minimum absolute atomic E-state index is 0.0588. The van der Waals surface area contributed by atoms with Gasteiger partial charge in [-0.25, -0.2) is 4.98 Å². The molecule has 128 valence electrons. The first-order valence-corrected chi connectivity index (χ1v) is 7.51. The first kappa shape index (κ1) is 16.6. The largest absolute Gasteiger partial charge is 0.435 e. The summed E-state index contributed by atoms with van der Waals surface area (Å²) in [4.78, 5) is 16.3. The first-order chi connectivity index (χ1) is 12.1. The van der Waals surface area contributed by atoms with Crippen molar-refractivity contribution in [3.63, 3.8) is 0 Å². The fourth-order valence-electron chi connectivity index (χ4n) is 2.36. The average molecular weight is 343 g/mol. The Labute approximate surface area is 142 Å². The Hall–Kier alpha value is -3.22. The number of hydrogen-bond donors (Lipinski definition) is 1. The van der Waals surface area contributed by atoms with E-state index in [-0.39, 0.29) is 11.3 Å². The summed E-state index contributed by atoms with van der Waals surface area (Å²) in [5.74, 6) is -0.462. The molecule has 0 fully saturated rings. The quantitative estimate of drug-likeness (QED) is 0.741. The van der Waals surface area contributed by atoms with Gasteiger partial charge in [-0.15, -0.1) is 0 Å². The molecule has 1 aromatic heterocycles. The highest BCUT2D eigenvalue weighted by Gasteiger charge is 2.10. The number of ether oxygens (including phenoxy) is 1. The van der Waals surface area contributed by atoms with Crippen molar-refractivity contribution < 1.29 is 18.3 Å². The zero-order valence-corrected chi connectivity index (χ0v) is 13.1. The normalized spacial score (nSPS) is 10.7. The van der Waals surface area contributed by atoms with Crippen LogP contribution < -0.4 is 10.1 Å². The van der Waals surface area contributed by atoms with Crippen molar-refractivity contribution in [2.45, 2.75) is 13.2 Å². The fourth-order valence-corrected chi connectivity index (χ4v) is 2.36. The summed E-state index contributed by atoms with van der Waals surface area (Å²) >= 11 is 0. The monoisotopic (exact) mass is 343 g/mol. The molecule has 25 heavy (non-hydrogen) atoms. The molecule has 0 saturated carbocycles. The maximum absolute atomic E-state index is 12.3. The number of carbonyl (C=O) groups is 1. The molecule has 0 aliphatic carbocycles. The van der Waals surface area contributed by atoms with Crippen LogP contribution in [0.1, 0.15) is 15.9 Å². The van der Waals surface area contributed by atoms with Gasteiger partial charge in [0.25, 0.3) is 5.91 Å². The van der Waals surface area contributed by atoms with E-state index in [1.165, 1.54) is 24.3 Å². The molecule has 2 aromatic carbocycles. The lowest BCUT2D eigenvalue weighted by Crippen LogP contribution is -2.12. The smallest absolute Gasteiger partial charge is 0.387 e. The van der Waals surface area contributed by atoms with E-state index in [9.17, 15) is 13.6 Å². The Balaban J connectivity index is 1.70. The van der Waals surface area contributed by atoms with Crippen LogP contribution in [-0.2, 0) is 6.54 Å². The van der Waals surface area contributed by atoms with Crippen LogP contribution >= 0.6 is 0 Å². The number of rotatable bonds is 6. The predicted molar refractivity (Wildman–Crippen MR) is 88.8 cm³/mol. The highest BCUT2D eigenvalue weighted by molar-refractivity contribution is 6.04. The Morgan fingerprint density at radius 2 is 2.04 bits per heavy atom. The number of imidazole rings is 1. The molecule has 1 heterocycles. The molecule has 1 N–H and O–H groups in total. The summed E-state index contributed by atoms with van der Waals surface area (Å²) < 4.78 is 30.8. The molecular weight excluding hydrogens is 328 g/mol. The summed E-state index contributed by atoms with van der Waals surface area (Å²) in [6.07, 6.45) is 5.25. The van der Waals surface area contributed by atoms with Gasteiger partial charge in [0.15, 0.2) is 0 Å². The number of amides is 1. The summed E-state index contributed by atoms with van der Waals surface area (Å²) in [7, 11) is 0. The third-order valence-electron chi connectivity index (χ3n) is 3.43. The van der Waals surface area contributed by atoms with E-state index in [2.05, 4.69) is 15.0 Å². The molecule has 0 unspecified atom stereocenters. The van der Waals surface area contributed by atoms with Gasteiger partial charge in [0, 0.05) is 30.2 Å². The number of alkyl halides is 2. The average Bonchev–Trinajstić information content (AvgIpc) is 3.08. The molecule has 0 bridgehead atoms. The van der Waals surface area contributed by atoms with Crippen LogP contribution in [0.3, 0.4) is 0 Å². The van der Waals surface area contributed by atoms with Crippen LogP contribution in [0.15, 0.2) is 67.3 Å². The van der Waals surface area contributed by atoms with Crippen LogP contribution in [-0.4, -0.2) is 22.1 Å². The van der Waals surface area contributed by atoms with Gasteiger partial charge in [-0.1, -0.05) is 18.2 Å². The van der Waals surface area contributed by atoms with Crippen molar-refractivity contribution in [1.82, 2.24) is 9.55 Å². The van der Waals surface area contributed by atoms with Gasteiger partial charge in [-0.05, 0) is 35.9 Å². The Bertz CT molecular complexity index is 851. The molecule has 0 saturated heterocycles. The summed E-state index contributed by atoms with van der Waals surface area (Å²) in [5, 5.41) is 2.75. The number of nitrogens with one attached hydrogen (secondary N) is 1. The first-order valence-electron chi connectivity index (χ1n) is 7.51. The predicted octanol–water partition coefficient (Wildman–Crippen LogP) is 3.79. The molecule has 0 aliphatic rings. The molecule has 3 rings (SSSR count). The SMILES string of the molecule is O=C(Nc1cccc(Cn2ccnc2)c1)c1cccc(OC(F)F)c1. The molecule has 0 radical (unpaired) electrons. The highest BCUT2D eigenvalue weighted by Crippen LogP contribution is 2.18. The number of halogens is 2. The summed E-state index contributed by atoms with van der Waals surface area (Å²) in [6.45, 7) is -2.31. The molecule has 0 aliphatic heterocycles. The van der Waals surface area contributed by atoms with Gasteiger partial charge < -0.3 is 14.6 Å². The number of aromatic nitrogens is 2. The van der Waals surface area contributed by atoms with E-state index < -0.39 is 12.5 Å². The fraction of sp³-hybridized carbons (Fsp3) is 0.111. The van der Waals surface area contributed by atoms with E-state index in [1.54, 1.807) is 18.6 Å². The lowest BCUT2D eigenvalue weighted by molar-refractivity contribution is -0.0498. The second-order valence-electron chi connectivity index (χ2n) is 5.30. The number of hydrogen-bond acceptors (Lipinski definition) is 3. The van der Waals surface area contributed by atoms with E-state index in [0.717, 1.165) is 5.56 Å². The van der Waals surface area contributed by atoms with Gasteiger partial charge >= 0.3 is 6.61 Å². The van der Waals surface area contributed by atoms with Gasteiger partial charge in [0.2, 0.25) is 0 Å². The molecule has 3 aromatic rings. The molecule has 0 spiro atoms. The minimum Gasteiger partial charge on any atom is -0.435 e. The van der Waals surface area contributed by atoms with Gasteiger partial charge in [-0.3, -0.25) is 4.79 Å². The second-order valence-corrected chi connectivity index (χ2v) is 5.30. The maximum atomic E-state index is 12.3. The zero-order valence-electron chi connectivity index (χ0n) is 13.1. The van der Waals surface area contributed by atoms with Gasteiger partial charge in [0.05, 0.1) is 6.33 Å². The molecular formula is C18H15F2N3O2. The third kappa shape index (κ3) is 4.63. The second kappa shape index (κ2) is 7.57. The number of carbonyl (C=O) groups excluding carboxylic acids is 1. The lowest BCUT2D eigenvalue weighted by Gasteiger charge is -2.09. The van der Waals surface area contributed by atoms with Crippen molar-refractivity contribution in [1.29, 1.82) is 0 Å². The minimum atomic E-state index is -2.93.